The smallest absolute Gasteiger partial charge is 0.316 e. The number of ether oxygens (including phenoxy) is 1. The van der Waals surface area contributed by atoms with E-state index in [0.29, 0.717) is 22.9 Å². The van der Waals surface area contributed by atoms with Gasteiger partial charge in [-0.15, -0.1) is 5.10 Å². The maximum absolute atomic E-state index is 12.5. The quantitative estimate of drug-likeness (QED) is 0.705. The number of aromatic nitrogens is 3. The van der Waals surface area contributed by atoms with E-state index < -0.39 is 16.1 Å². The van der Waals surface area contributed by atoms with Crippen LogP contribution in [-0.4, -0.2) is 30.3 Å². The Bertz CT molecular complexity index is 808. The van der Waals surface area contributed by atoms with E-state index in [1.165, 1.54) is 19.2 Å². The van der Waals surface area contributed by atoms with Gasteiger partial charge in [0.2, 0.25) is 10.0 Å². The fourth-order valence-corrected chi connectivity index (χ4v) is 4.07. The normalized spacial score (nSPS) is 13.1. The Labute approximate surface area is 151 Å². The molecule has 1 heterocycles. The Morgan fingerprint density at radius 3 is 2.57 bits per heavy atom. The van der Waals surface area contributed by atoms with E-state index >= 15 is 0 Å². The minimum Gasteiger partial charge on any atom is -0.467 e. The second-order valence-corrected chi connectivity index (χ2v) is 8.13. The van der Waals surface area contributed by atoms with Gasteiger partial charge in [0.15, 0.2) is 5.82 Å². The number of hydrogen-bond donors (Lipinski definition) is 1. The first kappa shape index (κ1) is 18.4. The molecule has 2 rings (SSSR count). The van der Waals surface area contributed by atoms with Crippen molar-refractivity contribution >= 4 is 41.9 Å². The average Bonchev–Trinajstić information content (AvgIpc) is 2.92. The molecular weight excluding hydrogens is 452 g/mol. The molecule has 7 nitrogen and oxygen atoms in total. The molecule has 0 radical (unpaired) electrons. The van der Waals surface area contributed by atoms with E-state index in [9.17, 15) is 8.42 Å². The average molecular weight is 468 g/mol. The molecule has 2 aromatic rings. The van der Waals surface area contributed by atoms with Crippen LogP contribution < -0.4 is 9.46 Å². The number of rotatable bonds is 6. The van der Waals surface area contributed by atoms with E-state index in [-0.39, 0.29) is 4.90 Å². The van der Waals surface area contributed by atoms with Crippen LogP contribution in [0.3, 0.4) is 0 Å². The third-order valence-corrected chi connectivity index (χ3v) is 6.58. The Morgan fingerprint density at radius 1 is 1.30 bits per heavy atom. The third-order valence-electron chi connectivity index (χ3n) is 3.16. The lowest BCUT2D eigenvalue weighted by Gasteiger charge is -2.15. The molecule has 0 aliphatic rings. The lowest BCUT2D eigenvalue weighted by atomic mass is 10.3. The van der Waals surface area contributed by atoms with Crippen LogP contribution in [0.2, 0.25) is 0 Å². The lowest BCUT2D eigenvalue weighted by molar-refractivity contribution is 0.354. The Hall–Kier alpha value is -0.970. The Kier molecular flexibility index (Phi) is 5.82. The molecule has 0 saturated carbocycles. The molecule has 0 amide bonds. The summed E-state index contributed by atoms with van der Waals surface area (Å²) in [6.07, 6.45) is 0. The van der Waals surface area contributed by atoms with Crippen LogP contribution in [0.5, 0.6) is 6.01 Å². The van der Waals surface area contributed by atoms with Gasteiger partial charge in [0.1, 0.15) is 0 Å². The molecule has 23 heavy (non-hydrogen) atoms. The van der Waals surface area contributed by atoms with Gasteiger partial charge < -0.3 is 4.74 Å². The summed E-state index contributed by atoms with van der Waals surface area (Å²) in [5.74, 6) is 0.490. The minimum absolute atomic E-state index is 0.161. The summed E-state index contributed by atoms with van der Waals surface area (Å²) in [5.41, 5.74) is 0. The number of hydrogen-bond acceptors (Lipinski definition) is 5. The van der Waals surface area contributed by atoms with Gasteiger partial charge in [-0.25, -0.2) is 13.1 Å². The van der Waals surface area contributed by atoms with Crippen molar-refractivity contribution < 1.29 is 13.2 Å². The summed E-state index contributed by atoms with van der Waals surface area (Å²) in [6.45, 7) is 4.19. The first-order valence-electron chi connectivity index (χ1n) is 6.74. The maximum atomic E-state index is 12.5. The molecular formula is C13H16Br2N4O3S. The molecule has 1 N–H and O–H groups in total. The van der Waals surface area contributed by atoms with Gasteiger partial charge in [-0.3, -0.25) is 4.57 Å². The van der Waals surface area contributed by atoms with E-state index in [1.54, 1.807) is 17.6 Å². The van der Waals surface area contributed by atoms with Gasteiger partial charge >= 0.3 is 6.01 Å². The van der Waals surface area contributed by atoms with E-state index in [0.717, 1.165) is 4.47 Å². The highest BCUT2D eigenvalue weighted by atomic mass is 79.9. The predicted molar refractivity (Wildman–Crippen MR) is 92.8 cm³/mol. The van der Waals surface area contributed by atoms with Gasteiger partial charge in [0.25, 0.3) is 0 Å². The number of halogens is 2. The summed E-state index contributed by atoms with van der Waals surface area (Å²) >= 11 is 6.62. The zero-order chi connectivity index (χ0) is 17.2. The molecule has 10 heteroatoms. The van der Waals surface area contributed by atoms with Gasteiger partial charge in [-0.05, 0) is 63.9 Å². The molecule has 0 aliphatic carbocycles. The van der Waals surface area contributed by atoms with E-state index in [2.05, 4.69) is 46.8 Å². The molecule has 1 atom stereocenters. The highest BCUT2D eigenvalue weighted by Gasteiger charge is 2.24. The number of nitrogens with one attached hydrogen (secondary N) is 1. The molecule has 0 saturated heterocycles. The molecule has 0 spiro atoms. The van der Waals surface area contributed by atoms with Crippen molar-refractivity contribution in [2.24, 2.45) is 0 Å². The predicted octanol–water partition coefficient (Wildman–Crippen LogP) is 2.87. The monoisotopic (exact) mass is 466 g/mol. The molecule has 0 fully saturated rings. The summed E-state index contributed by atoms with van der Waals surface area (Å²) in [7, 11) is -2.20. The highest BCUT2D eigenvalue weighted by molar-refractivity contribution is 9.13. The van der Waals surface area contributed by atoms with Gasteiger partial charge in [0.05, 0.1) is 18.0 Å². The topological polar surface area (TPSA) is 86.1 Å². The SMILES string of the molecule is CCn1c(OC)nnc1[C@@H](C)NS(=O)(=O)c1ccc(Br)c(Br)c1. The Morgan fingerprint density at radius 2 is 2.00 bits per heavy atom. The van der Waals surface area contributed by atoms with Gasteiger partial charge in [-0.1, -0.05) is 5.10 Å². The summed E-state index contributed by atoms with van der Waals surface area (Å²) in [6, 6.07) is 4.51. The third kappa shape index (κ3) is 3.93. The van der Waals surface area contributed by atoms with Crippen LogP contribution in [0.15, 0.2) is 32.0 Å². The van der Waals surface area contributed by atoms with Crippen molar-refractivity contribution in [3.05, 3.63) is 33.0 Å². The van der Waals surface area contributed by atoms with E-state index in [4.69, 9.17) is 4.74 Å². The van der Waals surface area contributed by atoms with Crippen molar-refractivity contribution in [1.82, 2.24) is 19.5 Å². The molecule has 0 bridgehead atoms. The van der Waals surface area contributed by atoms with Crippen molar-refractivity contribution in [1.29, 1.82) is 0 Å². The van der Waals surface area contributed by atoms with E-state index in [1.807, 2.05) is 6.92 Å². The highest BCUT2D eigenvalue weighted by Crippen LogP contribution is 2.26. The van der Waals surface area contributed by atoms with Crippen LogP contribution in [-0.2, 0) is 16.6 Å². The molecule has 1 aromatic heterocycles. The van der Waals surface area contributed by atoms with Crippen LogP contribution in [0.1, 0.15) is 25.7 Å². The first-order chi connectivity index (χ1) is 10.8. The largest absolute Gasteiger partial charge is 0.467 e. The van der Waals surface area contributed by atoms with Crippen LogP contribution in [0.4, 0.5) is 0 Å². The summed E-state index contributed by atoms with van der Waals surface area (Å²) in [4.78, 5) is 0.161. The van der Waals surface area contributed by atoms with Crippen molar-refractivity contribution in [3.63, 3.8) is 0 Å². The first-order valence-corrected chi connectivity index (χ1v) is 9.81. The lowest BCUT2D eigenvalue weighted by Crippen LogP contribution is -2.29. The fraction of sp³-hybridized carbons (Fsp3) is 0.385. The minimum atomic E-state index is -3.69. The van der Waals surface area contributed by atoms with Gasteiger partial charge in [-0.2, -0.15) is 0 Å². The summed E-state index contributed by atoms with van der Waals surface area (Å²) in [5, 5.41) is 7.91. The van der Waals surface area contributed by atoms with Crippen LogP contribution in [0.25, 0.3) is 0 Å². The zero-order valence-corrected chi connectivity index (χ0v) is 16.7. The van der Waals surface area contributed by atoms with Crippen LogP contribution in [0, 0.1) is 0 Å². The zero-order valence-electron chi connectivity index (χ0n) is 12.7. The second-order valence-electron chi connectivity index (χ2n) is 4.71. The van der Waals surface area contributed by atoms with Crippen molar-refractivity contribution in [2.45, 2.75) is 31.3 Å². The van der Waals surface area contributed by atoms with Crippen molar-refractivity contribution in [3.8, 4) is 6.01 Å². The molecule has 0 aliphatic heterocycles. The molecule has 0 unspecified atom stereocenters. The number of sulfonamides is 1. The Balaban J connectivity index is 2.29. The van der Waals surface area contributed by atoms with Crippen LogP contribution >= 0.6 is 31.9 Å². The van der Waals surface area contributed by atoms with Gasteiger partial charge in [0, 0.05) is 15.5 Å². The number of nitrogens with zero attached hydrogens (tertiary/aromatic N) is 3. The number of methoxy groups -OCH3 is 1. The summed E-state index contributed by atoms with van der Waals surface area (Å²) < 4.78 is 35.9. The van der Waals surface area contributed by atoms with Crippen molar-refractivity contribution in [2.75, 3.05) is 7.11 Å². The molecule has 1 aromatic carbocycles. The standard InChI is InChI=1S/C13H16Br2N4O3S/c1-4-19-12(16-17-13(19)22-3)8(2)18-23(20,21)9-5-6-10(14)11(15)7-9/h5-8,18H,4H2,1-3H3/t8-/m1/s1. The second kappa shape index (κ2) is 7.29. The number of benzene rings is 1. The molecule has 126 valence electrons. The fourth-order valence-electron chi connectivity index (χ4n) is 2.07. The maximum Gasteiger partial charge on any atom is 0.316 e.